The summed E-state index contributed by atoms with van der Waals surface area (Å²) in [4.78, 5) is 14.7. The Kier molecular flexibility index (Phi) is 5.93. The van der Waals surface area contributed by atoms with Crippen molar-refractivity contribution >= 4 is 22.4 Å². The second-order valence-corrected chi connectivity index (χ2v) is 6.93. The number of carbonyl (C=O) groups is 1. The van der Waals surface area contributed by atoms with Gasteiger partial charge in [0.15, 0.2) is 0 Å². The van der Waals surface area contributed by atoms with Gasteiger partial charge in [-0.05, 0) is 35.7 Å². The summed E-state index contributed by atoms with van der Waals surface area (Å²) in [5.41, 5.74) is 8.65. The van der Waals surface area contributed by atoms with Gasteiger partial charge in [0, 0.05) is 47.7 Å². The number of benzene rings is 2. The highest BCUT2D eigenvalue weighted by Crippen LogP contribution is 2.14. The van der Waals surface area contributed by atoms with E-state index in [2.05, 4.69) is 0 Å². The molecular weight excluding hydrogens is 308 g/mol. The molecule has 2 aromatic rings. The van der Waals surface area contributed by atoms with E-state index in [0.29, 0.717) is 19.4 Å². The zero-order valence-electron chi connectivity index (χ0n) is 13.5. The maximum Gasteiger partial charge on any atom is 0.222 e. The van der Waals surface area contributed by atoms with Gasteiger partial charge in [-0.15, -0.1) is 0 Å². The van der Waals surface area contributed by atoms with E-state index in [4.69, 9.17) is 5.73 Å². The Morgan fingerprint density at radius 2 is 1.78 bits per heavy atom. The molecule has 2 aromatic carbocycles. The monoisotopic (exact) mass is 330 g/mol. The highest BCUT2D eigenvalue weighted by molar-refractivity contribution is 7.84. The lowest BCUT2D eigenvalue weighted by Crippen LogP contribution is -2.26. The molecule has 0 aliphatic carbocycles. The average molecular weight is 330 g/mol. The van der Waals surface area contributed by atoms with E-state index < -0.39 is 10.8 Å². The molecule has 0 aliphatic rings. The topological polar surface area (TPSA) is 63.4 Å². The van der Waals surface area contributed by atoms with Crippen molar-refractivity contribution in [3.05, 3.63) is 59.7 Å². The Bertz CT molecular complexity index is 698. The molecule has 2 N–H and O–H groups in total. The van der Waals surface area contributed by atoms with Crippen molar-refractivity contribution in [2.24, 2.45) is 0 Å². The third-order valence-corrected chi connectivity index (χ3v) is 4.70. The van der Waals surface area contributed by atoms with E-state index >= 15 is 0 Å². The molecule has 0 heterocycles. The number of aryl methyl sites for hydroxylation is 1. The van der Waals surface area contributed by atoms with Crippen LogP contribution in [0, 0.1) is 0 Å². The summed E-state index contributed by atoms with van der Waals surface area (Å²) in [5.74, 6) is 0.0800. The molecule has 0 saturated carbocycles. The van der Waals surface area contributed by atoms with E-state index in [1.54, 1.807) is 18.2 Å². The van der Waals surface area contributed by atoms with Crippen LogP contribution in [0.1, 0.15) is 17.5 Å². The number of rotatable bonds is 6. The van der Waals surface area contributed by atoms with Gasteiger partial charge in [0.05, 0.1) is 0 Å². The lowest BCUT2D eigenvalue weighted by molar-refractivity contribution is -0.130. The van der Waals surface area contributed by atoms with Gasteiger partial charge < -0.3 is 10.6 Å². The van der Waals surface area contributed by atoms with Crippen molar-refractivity contribution in [1.82, 2.24) is 4.90 Å². The second-order valence-electron chi connectivity index (χ2n) is 5.55. The molecule has 23 heavy (non-hydrogen) atoms. The van der Waals surface area contributed by atoms with E-state index in [9.17, 15) is 9.00 Å². The zero-order chi connectivity index (χ0) is 16.8. The minimum atomic E-state index is -0.978. The molecular formula is C18H22N2O2S. The Labute approximate surface area is 139 Å². The maximum absolute atomic E-state index is 12.2. The van der Waals surface area contributed by atoms with Crippen molar-refractivity contribution in [3.8, 4) is 0 Å². The average Bonchev–Trinajstić information content (AvgIpc) is 2.54. The smallest absolute Gasteiger partial charge is 0.222 e. The van der Waals surface area contributed by atoms with Gasteiger partial charge in [-0.2, -0.15) is 0 Å². The fraction of sp³-hybridized carbons (Fsp3) is 0.278. The molecule has 1 atom stereocenters. The molecule has 0 bridgehead atoms. The van der Waals surface area contributed by atoms with Crippen molar-refractivity contribution in [1.29, 1.82) is 0 Å². The highest BCUT2D eigenvalue weighted by atomic mass is 32.2. The van der Waals surface area contributed by atoms with Gasteiger partial charge in [-0.1, -0.05) is 30.3 Å². The van der Waals surface area contributed by atoms with Gasteiger partial charge >= 0.3 is 0 Å². The Morgan fingerprint density at radius 3 is 2.39 bits per heavy atom. The highest BCUT2D eigenvalue weighted by Gasteiger charge is 2.10. The number of hydrogen-bond acceptors (Lipinski definition) is 3. The number of nitrogens with two attached hydrogens (primary N) is 1. The third kappa shape index (κ3) is 4.93. The predicted octanol–water partition coefficient (Wildman–Crippen LogP) is 2.60. The van der Waals surface area contributed by atoms with Gasteiger partial charge in [0.1, 0.15) is 0 Å². The largest absolute Gasteiger partial charge is 0.399 e. The molecule has 0 radical (unpaired) electrons. The second kappa shape index (κ2) is 7.92. The standard InChI is InChI=1S/C18H22N2O2S/c1-20(13-14-7-10-16(11-8-14)23(2)22)18(21)12-9-15-5-3-4-6-17(15)19/h3-8,10-11H,9,12-13,19H2,1-2H3. The normalized spacial score (nSPS) is 11.9. The van der Waals surface area contributed by atoms with Gasteiger partial charge in [0.25, 0.3) is 0 Å². The number of para-hydroxylation sites is 1. The van der Waals surface area contributed by atoms with Crippen LogP contribution in [0.2, 0.25) is 0 Å². The van der Waals surface area contributed by atoms with Crippen LogP contribution in [-0.4, -0.2) is 28.3 Å². The first-order valence-corrected chi connectivity index (χ1v) is 9.03. The third-order valence-electron chi connectivity index (χ3n) is 3.76. The summed E-state index contributed by atoms with van der Waals surface area (Å²) >= 11 is 0. The summed E-state index contributed by atoms with van der Waals surface area (Å²) in [6.07, 6.45) is 2.73. The first-order valence-electron chi connectivity index (χ1n) is 7.47. The number of anilines is 1. The van der Waals surface area contributed by atoms with Gasteiger partial charge in [0.2, 0.25) is 5.91 Å². The Morgan fingerprint density at radius 1 is 1.13 bits per heavy atom. The van der Waals surface area contributed by atoms with Crippen LogP contribution in [-0.2, 0) is 28.6 Å². The molecule has 0 spiro atoms. The van der Waals surface area contributed by atoms with Crippen LogP contribution in [0.25, 0.3) is 0 Å². The fourth-order valence-electron chi connectivity index (χ4n) is 2.34. The minimum Gasteiger partial charge on any atom is -0.399 e. The van der Waals surface area contributed by atoms with Crippen molar-refractivity contribution in [2.75, 3.05) is 19.0 Å². The number of nitrogen functional groups attached to an aromatic ring is 1. The molecule has 2 rings (SSSR count). The van der Waals surface area contributed by atoms with E-state index in [1.165, 1.54) is 0 Å². The van der Waals surface area contributed by atoms with Gasteiger partial charge in [-0.3, -0.25) is 9.00 Å². The Hall–Kier alpha value is -2.14. The zero-order valence-corrected chi connectivity index (χ0v) is 14.3. The van der Waals surface area contributed by atoms with Crippen LogP contribution in [0.3, 0.4) is 0 Å². The molecule has 0 aromatic heterocycles. The Balaban J connectivity index is 1.89. The lowest BCUT2D eigenvalue weighted by Gasteiger charge is -2.17. The number of carbonyl (C=O) groups excluding carboxylic acids is 1. The molecule has 122 valence electrons. The summed E-state index contributed by atoms with van der Waals surface area (Å²) in [7, 11) is 0.817. The van der Waals surface area contributed by atoms with Crippen LogP contribution in [0.5, 0.6) is 0 Å². The molecule has 0 saturated heterocycles. The first kappa shape index (κ1) is 17.2. The quantitative estimate of drug-likeness (QED) is 0.828. The molecule has 0 fully saturated rings. The summed E-state index contributed by atoms with van der Waals surface area (Å²) in [6.45, 7) is 0.541. The SMILES string of the molecule is CN(Cc1ccc(S(C)=O)cc1)C(=O)CCc1ccccc1N. The van der Waals surface area contributed by atoms with Crippen LogP contribution < -0.4 is 5.73 Å². The lowest BCUT2D eigenvalue weighted by atomic mass is 10.1. The number of hydrogen-bond donors (Lipinski definition) is 1. The summed E-state index contributed by atoms with van der Waals surface area (Å²) < 4.78 is 11.4. The fourth-order valence-corrected chi connectivity index (χ4v) is 2.86. The van der Waals surface area contributed by atoms with Gasteiger partial charge in [-0.25, -0.2) is 0 Å². The van der Waals surface area contributed by atoms with Crippen LogP contribution >= 0.6 is 0 Å². The minimum absolute atomic E-state index is 0.0800. The van der Waals surface area contributed by atoms with Crippen molar-refractivity contribution < 1.29 is 9.00 Å². The maximum atomic E-state index is 12.2. The van der Waals surface area contributed by atoms with Crippen LogP contribution in [0.4, 0.5) is 5.69 Å². The molecule has 0 aliphatic heterocycles. The van der Waals surface area contributed by atoms with Crippen molar-refractivity contribution in [2.45, 2.75) is 24.3 Å². The molecule has 5 heteroatoms. The number of amides is 1. The van der Waals surface area contributed by atoms with Crippen LogP contribution in [0.15, 0.2) is 53.4 Å². The predicted molar refractivity (Wildman–Crippen MR) is 94.4 cm³/mol. The summed E-state index contributed by atoms with van der Waals surface area (Å²) in [5, 5.41) is 0. The summed E-state index contributed by atoms with van der Waals surface area (Å²) in [6, 6.07) is 15.1. The van der Waals surface area contributed by atoms with E-state index in [0.717, 1.165) is 21.7 Å². The molecule has 1 amide bonds. The molecule has 1 unspecified atom stereocenters. The molecule has 4 nitrogen and oxygen atoms in total. The number of nitrogens with zero attached hydrogens (tertiary/aromatic N) is 1. The van der Waals surface area contributed by atoms with E-state index in [-0.39, 0.29) is 5.91 Å². The van der Waals surface area contributed by atoms with Crippen molar-refractivity contribution in [3.63, 3.8) is 0 Å². The van der Waals surface area contributed by atoms with E-state index in [1.807, 2.05) is 48.5 Å². The first-order chi connectivity index (χ1) is 11.0.